The van der Waals surface area contributed by atoms with Gasteiger partial charge in [0.2, 0.25) is 0 Å². The second-order valence-electron chi connectivity index (χ2n) is 8.03. The fraction of sp³-hybridized carbons (Fsp3) is 0.500. The van der Waals surface area contributed by atoms with Gasteiger partial charge < -0.3 is 10.2 Å². The highest BCUT2D eigenvalue weighted by molar-refractivity contribution is 5.94. The molecule has 0 aliphatic carbocycles. The maximum Gasteiger partial charge on any atom is 0.254 e. The van der Waals surface area contributed by atoms with E-state index < -0.39 is 0 Å². The van der Waals surface area contributed by atoms with Gasteiger partial charge in [-0.3, -0.25) is 4.79 Å². The lowest BCUT2D eigenvalue weighted by atomic mass is 9.96. The molecule has 2 heterocycles. The summed E-state index contributed by atoms with van der Waals surface area (Å²) in [5, 5.41) is 2.85. The number of nitrogens with one attached hydrogen (secondary N) is 1. The van der Waals surface area contributed by atoms with Gasteiger partial charge in [0.15, 0.2) is 0 Å². The molecule has 1 fully saturated rings. The first-order chi connectivity index (χ1) is 13.4. The molecule has 1 aromatic heterocycles. The summed E-state index contributed by atoms with van der Waals surface area (Å²) in [6, 6.07) is 6.09. The Morgan fingerprint density at radius 3 is 2.75 bits per heavy atom. The molecule has 150 valence electrons. The molecule has 1 aromatic carbocycles. The largest absolute Gasteiger partial charge is 0.348 e. The number of hydrogen-bond acceptors (Lipinski definition) is 4. The number of nitrogens with zero attached hydrogens (tertiary/aromatic N) is 3. The van der Waals surface area contributed by atoms with E-state index in [1.54, 1.807) is 18.3 Å². The number of piperidine rings is 1. The zero-order chi connectivity index (χ0) is 20.1. The molecule has 0 bridgehead atoms. The summed E-state index contributed by atoms with van der Waals surface area (Å²) < 4.78 is 13.0. The fourth-order valence-corrected chi connectivity index (χ4v) is 3.73. The maximum absolute atomic E-state index is 13.0. The Balaban J connectivity index is 1.63. The molecule has 1 amide bonds. The minimum Gasteiger partial charge on any atom is -0.348 e. The van der Waals surface area contributed by atoms with Crippen LogP contribution in [0.25, 0.3) is 0 Å². The van der Waals surface area contributed by atoms with Crippen molar-refractivity contribution in [3.8, 4) is 0 Å². The average molecular weight is 384 g/mol. The number of rotatable bonds is 6. The molecule has 1 N–H and O–H groups in total. The molecule has 1 aliphatic heterocycles. The van der Waals surface area contributed by atoms with Gasteiger partial charge in [-0.25, -0.2) is 14.4 Å². The summed E-state index contributed by atoms with van der Waals surface area (Å²) in [5.74, 6) is 1.31. The number of halogens is 1. The van der Waals surface area contributed by atoms with Gasteiger partial charge in [-0.1, -0.05) is 26.0 Å². The Morgan fingerprint density at radius 2 is 2.07 bits per heavy atom. The molecule has 0 radical (unpaired) electrons. The second kappa shape index (κ2) is 9.24. The third kappa shape index (κ3) is 5.35. The van der Waals surface area contributed by atoms with E-state index in [0.717, 1.165) is 43.9 Å². The van der Waals surface area contributed by atoms with Crippen LogP contribution in [-0.2, 0) is 6.54 Å². The summed E-state index contributed by atoms with van der Waals surface area (Å²) >= 11 is 0. The highest BCUT2D eigenvalue weighted by atomic mass is 19.1. The average Bonchev–Trinajstić information content (AvgIpc) is 2.67. The van der Waals surface area contributed by atoms with Crippen molar-refractivity contribution in [2.24, 2.45) is 5.92 Å². The van der Waals surface area contributed by atoms with Crippen molar-refractivity contribution in [1.29, 1.82) is 0 Å². The minimum absolute atomic E-state index is 0.210. The quantitative estimate of drug-likeness (QED) is 0.825. The Bertz CT molecular complexity index is 807. The molecule has 1 saturated heterocycles. The molecule has 1 atom stereocenters. The van der Waals surface area contributed by atoms with E-state index >= 15 is 0 Å². The van der Waals surface area contributed by atoms with E-state index in [0.29, 0.717) is 29.6 Å². The van der Waals surface area contributed by atoms with E-state index in [-0.39, 0.29) is 11.7 Å². The van der Waals surface area contributed by atoms with Crippen LogP contribution in [-0.4, -0.2) is 40.4 Å². The summed E-state index contributed by atoms with van der Waals surface area (Å²) in [4.78, 5) is 24.1. The van der Waals surface area contributed by atoms with Crippen molar-refractivity contribution in [1.82, 2.24) is 20.2 Å². The van der Waals surface area contributed by atoms with Crippen molar-refractivity contribution in [2.75, 3.05) is 19.6 Å². The number of aryl methyl sites for hydroxylation is 1. The second-order valence-corrected chi connectivity index (χ2v) is 8.03. The molecule has 1 unspecified atom stereocenters. The molecule has 28 heavy (non-hydrogen) atoms. The van der Waals surface area contributed by atoms with Crippen LogP contribution >= 0.6 is 0 Å². The molecular weight excluding hydrogens is 355 g/mol. The van der Waals surface area contributed by atoms with Crippen LogP contribution in [0.5, 0.6) is 0 Å². The first-order valence-corrected chi connectivity index (χ1v) is 10.0. The highest BCUT2D eigenvalue weighted by Gasteiger charge is 2.24. The van der Waals surface area contributed by atoms with E-state index in [4.69, 9.17) is 0 Å². The van der Waals surface area contributed by atoms with Crippen LogP contribution in [0, 0.1) is 18.7 Å². The van der Waals surface area contributed by atoms with Crippen LogP contribution < -0.4 is 5.32 Å². The lowest BCUT2D eigenvalue weighted by molar-refractivity contribution is 0.0949. The molecular formula is C22H29FN4O. The lowest BCUT2D eigenvalue weighted by Crippen LogP contribution is -2.37. The standard InChI is InChI=1S/C22H29FN4O/c1-15(2)13-27-10-4-5-18(14-27)21-24-12-20(16(3)26-21)22(28)25-11-17-6-8-19(23)9-7-17/h6-9,12,15,18H,4-5,10-11,13-14H2,1-3H3,(H,25,28). The van der Waals surface area contributed by atoms with Crippen molar-refractivity contribution < 1.29 is 9.18 Å². The number of aromatic nitrogens is 2. The molecule has 0 saturated carbocycles. The summed E-state index contributed by atoms with van der Waals surface area (Å²) in [6.45, 7) is 9.89. The lowest BCUT2D eigenvalue weighted by Gasteiger charge is -2.33. The zero-order valence-corrected chi connectivity index (χ0v) is 16.9. The number of hydrogen-bond donors (Lipinski definition) is 1. The Hall–Kier alpha value is -2.34. The smallest absolute Gasteiger partial charge is 0.254 e. The van der Waals surface area contributed by atoms with E-state index in [1.165, 1.54) is 12.1 Å². The van der Waals surface area contributed by atoms with Gasteiger partial charge in [0, 0.05) is 31.7 Å². The summed E-state index contributed by atoms with van der Waals surface area (Å²) in [7, 11) is 0. The van der Waals surface area contributed by atoms with Crippen molar-refractivity contribution in [2.45, 2.75) is 46.1 Å². The fourth-order valence-electron chi connectivity index (χ4n) is 3.73. The summed E-state index contributed by atoms with van der Waals surface area (Å²) in [6.07, 6.45) is 3.88. The molecule has 2 aromatic rings. The molecule has 5 nitrogen and oxygen atoms in total. The first kappa shape index (κ1) is 20.4. The van der Waals surface area contributed by atoms with Crippen LogP contribution in [0.3, 0.4) is 0 Å². The first-order valence-electron chi connectivity index (χ1n) is 10.0. The third-order valence-corrected chi connectivity index (χ3v) is 5.10. The van der Waals surface area contributed by atoms with Gasteiger partial charge in [0.1, 0.15) is 11.6 Å². The number of carbonyl (C=O) groups excluding carboxylic acids is 1. The molecule has 0 spiro atoms. The molecule has 6 heteroatoms. The van der Waals surface area contributed by atoms with Crippen LogP contribution in [0.4, 0.5) is 4.39 Å². The maximum atomic E-state index is 13.0. The molecule has 1 aliphatic rings. The SMILES string of the molecule is Cc1nc(C2CCCN(CC(C)C)C2)ncc1C(=O)NCc1ccc(F)cc1. The zero-order valence-electron chi connectivity index (χ0n) is 16.9. The third-order valence-electron chi connectivity index (χ3n) is 5.10. The van der Waals surface area contributed by atoms with Gasteiger partial charge in [0.05, 0.1) is 11.3 Å². The normalized spacial score (nSPS) is 17.7. The van der Waals surface area contributed by atoms with Crippen molar-refractivity contribution in [3.05, 3.63) is 58.9 Å². The Kier molecular flexibility index (Phi) is 6.73. The number of likely N-dealkylation sites (tertiary alicyclic amines) is 1. The van der Waals surface area contributed by atoms with Crippen molar-refractivity contribution in [3.63, 3.8) is 0 Å². The van der Waals surface area contributed by atoms with Gasteiger partial charge >= 0.3 is 0 Å². The minimum atomic E-state index is -0.287. The van der Waals surface area contributed by atoms with Crippen LogP contribution in [0.15, 0.2) is 30.5 Å². The number of benzene rings is 1. The highest BCUT2D eigenvalue weighted by Crippen LogP contribution is 2.25. The van der Waals surface area contributed by atoms with E-state index in [2.05, 4.69) is 34.0 Å². The Labute approximate surface area is 166 Å². The summed E-state index contributed by atoms with van der Waals surface area (Å²) in [5.41, 5.74) is 2.03. The van der Waals surface area contributed by atoms with Crippen LogP contribution in [0.1, 0.15) is 60.0 Å². The van der Waals surface area contributed by atoms with Gasteiger partial charge in [-0.05, 0) is 49.9 Å². The van der Waals surface area contributed by atoms with E-state index in [9.17, 15) is 9.18 Å². The predicted octanol–water partition coefficient (Wildman–Crippen LogP) is 3.69. The van der Waals surface area contributed by atoms with Gasteiger partial charge in [-0.2, -0.15) is 0 Å². The van der Waals surface area contributed by atoms with Crippen LogP contribution in [0.2, 0.25) is 0 Å². The van der Waals surface area contributed by atoms with Gasteiger partial charge in [0.25, 0.3) is 5.91 Å². The topological polar surface area (TPSA) is 58.1 Å². The Morgan fingerprint density at radius 1 is 1.32 bits per heavy atom. The monoisotopic (exact) mass is 384 g/mol. The molecule has 3 rings (SSSR count). The van der Waals surface area contributed by atoms with Gasteiger partial charge in [-0.15, -0.1) is 0 Å². The number of amides is 1. The number of carbonyl (C=O) groups is 1. The predicted molar refractivity (Wildman–Crippen MR) is 108 cm³/mol. The van der Waals surface area contributed by atoms with E-state index in [1.807, 2.05) is 6.92 Å². The van der Waals surface area contributed by atoms with Crippen molar-refractivity contribution >= 4 is 5.91 Å².